The Balaban J connectivity index is 1.49. The number of fused-ring (bicyclic) bond motifs is 2. The van der Waals surface area contributed by atoms with Crippen molar-refractivity contribution in [2.24, 2.45) is 23.7 Å². The van der Waals surface area contributed by atoms with Gasteiger partial charge < -0.3 is 14.2 Å². The molecule has 0 amide bonds. The molecule has 6 nitrogen and oxygen atoms in total. The number of rotatable bonds is 3. The van der Waals surface area contributed by atoms with Gasteiger partial charge in [0.25, 0.3) is 0 Å². The Labute approximate surface area is 181 Å². The molecule has 30 heavy (non-hydrogen) atoms. The SMILES string of the molecule is COC(=O)c1ccccc1S[C@H]1O[C@@H]2O[C@@]3(C)CC[C@H]4[C@H](C)CC[C@@H]([C@H]1C)[C@@]24OO3. The maximum absolute atomic E-state index is 12.2. The number of thioether (sulfide) groups is 1. The summed E-state index contributed by atoms with van der Waals surface area (Å²) >= 11 is 1.57. The average molecular weight is 435 g/mol. The Morgan fingerprint density at radius 2 is 1.93 bits per heavy atom. The first-order valence-electron chi connectivity index (χ1n) is 10.9. The summed E-state index contributed by atoms with van der Waals surface area (Å²) in [6.45, 7) is 6.48. The largest absolute Gasteiger partial charge is 0.465 e. The predicted molar refractivity (Wildman–Crippen MR) is 110 cm³/mol. The molecule has 1 aliphatic carbocycles. The standard InChI is InChI=1S/C23H30O6S/c1-13-9-10-17-14(2)20(30-18-8-6-5-7-15(18)19(24)25-4)26-21-23(17)16(13)11-12-22(3,27-21)28-29-23/h5-8,13-14,16-17,20-21H,9-12H2,1-4H3/t13-,14-,16+,17+,20-,21-,22-,23-/m1/s1. The van der Waals surface area contributed by atoms with Crippen LogP contribution in [-0.4, -0.2) is 36.2 Å². The van der Waals surface area contributed by atoms with Crippen LogP contribution in [0, 0.1) is 23.7 Å². The van der Waals surface area contributed by atoms with Crippen LogP contribution in [-0.2, 0) is 24.0 Å². The van der Waals surface area contributed by atoms with Gasteiger partial charge in [-0.2, -0.15) is 0 Å². The lowest BCUT2D eigenvalue weighted by molar-refractivity contribution is -0.568. The van der Waals surface area contributed by atoms with E-state index >= 15 is 0 Å². The van der Waals surface area contributed by atoms with Gasteiger partial charge in [0, 0.05) is 17.2 Å². The third-order valence-electron chi connectivity index (χ3n) is 7.63. The van der Waals surface area contributed by atoms with Crippen LogP contribution in [0.4, 0.5) is 0 Å². The van der Waals surface area contributed by atoms with Crippen LogP contribution in [0.2, 0.25) is 0 Å². The van der Waals surface area contributed by atoms with Crippen molar-refractivity contribution in [3.8, 4) is 0 Å². The minimum absolute atomic E-state index is 0.156. The summed E-state index contributed by atoms with van der Waals surface area (Å²) in [5, 5.41) is 0. The van der Waals surface area contributed by atoms with Gasteiger partial charge in [0.2, 0.25) is 5.79 Å². The van der Waals surface area contributed by atoms with Gasteiger partial charge in [0.1, 0.15) is 5.44 Å². The van der Waals surface area contributed by atoms with Crippen molar-refractivity contribution in [3.05, 3.63) is 29.8 Å². The highest BCUT2D eigenvalue weighted by atomic mass is 32.2. The molecule has 7 heteroatoms. The Hall–Kier alpha value is -1.12. The first kappa shape index (κ1) is 20.8. The molecule has 164 valence electrons. The zero-order chi connectivity index (χ0) is 21.1. The van der Waals surface area contributed by atoms with Crippen LogP contribution in [0.15, 0.2) is 29.2 Å². The Kier molecular flexibility index (Phi) is 5.18. The topological polar surface area (TPSA) is 63.2 Å². The van der Waals surface area contributed by atoms with Gasteiger partial charge in [0.15, 0.2) is 11.9 Å². The fourth-order valence-electron chi connectivity index (χ4n) is 5.98. The molecule has 4 aliphatic heterocycles. The highest BCUT2D eigenvalue weighted by molar-refractivity contribution is 7.99. The lowest BCUT2D eigenvalue weighted by Gasteiger charge is -2.60. The molecule has 0 N–H and O–H groups in total. The molecule has 0 aromatic heterocycles. The Bertz CT molecular complexity index is 832. The maximum Gasteiger partial charge on any atom is 0.338 e. The molecule has 1 saturated carbocycles. The summed E-state index contributed by atoms with van der Waals surface area (Å²) in [6.07, 6.45) is 3.56. The summed E-state index contributed by atoms with van der Waals surface area (Å²) in [5.74, 6) is 0.248. The van der Waals surface area contributed by atoms with E-state index in [-0.39, 0.29) is 23.2 Å². The fourth-order valence-corrected chi connectivity index (χ4v) is 7.23. The molecule has 5 aliphatic rings. The van der Waals surface area contributed by atoms with Crippen molar-refractivity contribution < 1.29 is 28.8 Å². The molecule has 0 radical (unpaired) electrons. The quantitative estimate of drug-likeness (QED) is 0.501. The van der Waals surface area contributed by atoms with Gasteiger partial charge in [-0.25, -0.2) is 14.6 Å². The number of carbonyl (C=O) groups is 1. The zero-order valence-corrected chi connectivity index (χ0v) is 18.8. The first-order valence-corrected chi connectivity index (χ1v) is 11.8. The lowest BCUT2D eigenvalue weighted by Crippen LogP contribution is -2.70. The summed E-state index contributed by atoms with van der Waals surface area (Å²) in [5.41, 5.74) is -0.158. The van der Waals surface area contributed by atoms with Crippen molar-refractivity contribution in [1.82, 2.24) is 0 Å². The number of benzene rings is 1. The normalized spacial score (nSPS) is 44.8. The number of carbonyl (C=O) groups excluding carboxylic acids is 1. The summed E-state index contributed by atoms with van der Waals surface area (Å²) in [4.78, 5) is 25.2. The highest BCUT2D eigenvalue weighted by Gasteiger charge is 2.69. The molecule has 0 unspecified atom stereocenters. The van der Waals surface area contributed by atoms with Gasteiger partial charge in [-0.3, -0.25) is 0 Å². The van der Waals surface area contributed by atoms with Gasteiger partial charge in [-0.1, -0.05) is 37.7 Å². The van der Waals surface area contributed by atoms with Crippen molar-refractivity contribution in [2.75, 3.05) is 7.11 Å². The van der Waals surface area contributed by atoms with Crippen LogP contribution in [0.1, 0.15) is 56.8 Å². The summed E-state index contributed by atoms with van der Waals surface area (Å²) < 4.78 is 18.0. The molecule has 1 aromatic rings. The Morgan fingerprint density at radius 1 is 1.13 bits per heavy atom. The van der Waals surface area contributed by atoms with Gasteiger partial charge in [-0.05, 0) is 56.1 Å². The second-order valence-corrected chi connectivity index (χ2v) is 10.5. The van der Waals surface area contributed by atoms with E-state index in [2.05, 4.69) is 13.8 Å². The fraction of sp³-hybridized carbons (Fsp3) is 0.696. The molecule has 1 spiro atoms. The molecule has 5 fully saturated rings. The monoisotopic (exact) mass is 434 g/mol. The second kappa shape index (κ2) is 7.48. The summed E-state index contributed by atoms with van der Waals surface area (Å²) in [7, 11) is 1.41. The smallest absolute Gasteiger partial charge is 0.338 e. The van der Waals surface area contributed by atoms with Crippen molar-refractivity contribution in [3.63, 3.8) is 0 Å². The third kappa shape index (κ3) is 3.05. The van der Waals surface area contributed by atoms with Crippen LogP contribution in [0.3, 0.4) is 0 Å². The molecule has 1 aromatic carbocycles. The molecule has 4 heterocycles. The molecular formula is C23H30O6S. The minimum atomic E-state index is -0.781. The number of hydrogen-bond acceptors (Lipinski definition) is 7. The number of ether oxygens (including phenoxy) is 3. The molecule has 2 bridgehead atoms. The van der Waals surface area contributed by atoms with Crippen molar-refractivity contribution in [1.29, 1.82) is 0 Å². The van der Waals surface area contributed by atoms with E-state index in [1.54, 1.807) is 17.8 Å². The average Bonchev–Trinajstić information content (AvgIpc) is 2.97. The second-order valence-electron chi connectivity index (χ2n) is 9.38. The third-order valence-corrected chi connectivity index (χ3v) is 9.02. The number of methoxy groups -OCH3 is 1. The number of hydrogen-bond donors (Lipinski definition) is 0. The van der Waals surface area contributed by atoms with E-state index in [0.717, 1.165) is 24.2 Å². The molecule has 6 rings (SSSR count). The van der Waals surface area contributed by atoms with Gasteiger partial charge in [-0.15, -0.1) is 0 Å². The van der Waals surface area contributed by atoms with Crippen molar-refractivity contribution in [2.45, 2.75) is 74.5 Å². The van der Waals surface area contributed by atoms with E-state index < -0.39 is 17.7 Å². The molecular weight excluding hydrogens is 404 g/mol. The van der Waals surface area contributed by atoms with Gasteiger partial charge in [0.05, 0.1) is 12.7 Å². The van der Waals surface area contributed by atoms with E-state index in [4.69, 9.17) is 24.0 Å². The summed E-state index contributed by atoms with van der Waals surface area (Å²) in [6, 6.07) is 7.53. The van der Waals surface area contributed by atoms with Crippen LogP contribution in [0.5, 0.6) is 0 Å². The van der Waals surface area contributed by atoms with Crippen LogP contribution in [0.25, 0.3) is 0 Å². The highest BCUT2D eigenvalue weighted by Crippen LogP contribution is 2.61. The van der Waals surface area contributed by atoms with Gasteiger partial charge >= 0.3 is 5.97 Å². The Morgan fingerprint density at radius 3 is 2.73 bits per heavy atom. The lowest BCUT2D eigenvalue weighted by atomic mass is 9.58. The van der Waals surface area contributed by atoms with Crippen LogP contribution >= 0.6 is 11.8 Å². The zero-order valence-electron chi connectivity index (χ0n) is 18.0. The predicted octanol–water partition coefficient (Wildman–Crippen LogP) is 4.77. The van der Waals surface area contributed by atoms with E-state index in [1.807, 2.05) is 25.1 Å². The van der Waals surface area contributed by atoms with E-state index in [0.29, 0.717) is 17.4 Å². The van der Waals surface area contributed by atoms with Crippen molar-refractivity contribution >= 4 is 17.7 Å². The molecule has 4 saturated heterocycles. The first-order chi connectivity index (χ1) is 14.4. The van der Waals surface area contributed by atoms with E-state index in [9.17, 15) is 4.79 Å². The van der Waals surface area contributed by atoms with Crippen LogP contribution < -0.4 is 0 Å². The minimum Gasteiger partial charge on any atom is -0.465 e. The number of esters is 1. The maximum atomic E-state index is 12.2. The molecule has 8 atom stereocenters. The van der Waals surface area contributed by atoms with E-state index in [1.165, 1.54) is 13.5 Å².